The second kappa shape index (κ2) is 6.33. The van der Waals surface area contributed by atoms with Gasteiger partial charge in [0.15, 0.2) is 5.69 Å². The summed E-state index contributed by atoms with van der Waals surface area (Å²) in [6.07, 6.45) is 4.68. The summed E-state index contributed by atoms with van der Waals surface area (Å²) in [5.41, 5.74) is 1.61. The van der Waals surface area contributed by atoms with Gasteiger partial charge in [0.2, 0.25) is 0 Å². The van der Waals surface area contributed by atoms with Gasteiger partial charge in [-0.05, 0) is 17.9 Å². The van der Waals surface area contributed by atoms with Crippen molar-refractivity contribution in [2.75, 3.05) is 11.1 Å². The number of aromatic nitrogens is 4. The maximum Gasteiger partial charge on any atom is 0.277 e. The Morgan fingerprint density at radius 2 is 2.18 bits per heavy atom. The number of fused-ring (bicyclic) bond motifs is 1. The highest BCUT2D eigenvalue weighted by Gasteiger charge is 2.16. The van der Waals surface area contributed by atoms with E-state index < -0.39 is 0 Å². The summed E-state index contributed by atoms with van der Waals surface area (Å²) in [6, 6.07) is 3.53. The number of H-pyrrole nitrogens is 1. The Morgan fingerprint density at radius 1 is 1.36 bits per heavy atom. The van der Waals surface area contributed by atoms with Crippen molar-refractivity contribution < 1.29 is 4.79 Å². The number of aromatic amines is 1. The monoisotopic (exact) mass is 333 g/mol. The summed E-state index contributed by atoms with van der Waals surface area (Å²) in [6.45, 7) is 1.99. The van der Waals surface area contributed by atoms with Crippen molar-refractivity contribution in [1.29, 1.82) is 0 Å². The molecule has 8 heteroatoms. The molecule has 1 amide bonds. The van der Waals surface area contributed by atoms with E-state index in [0.717, 1.165) is 16.7 Å². The van der Waals surface area contributed by atoms with Gasteiger partial charge < -0.3 is 5.32 Å². The van der Waals surface area contributed by atoms with Gasteiger partial charge in [-0.25, -0.2) is 9.97 Å². The second-order valence-electron chi connectivity index (χ2n) is 4.36. The van der Waals surface area contributed by atoms with E-state index in [1.54, 1.807) is 18.5 Å². The molecule has 0 saturated heterocycles. The number of nitrogens with zero attached hydrogens (tertiary/aromatic N) is 3. The molecule has 6 nitrogen and oxygen atoms in total. The maximum absolute atomic E-state index is 12.4. The second-order valence-corrected chi connectivity index (χ2v) is 5.99. The zero-order valence-corrected chi connectivity index (χ0v) is 13.2. The number of benzene rings is 1. The highest BCUT2D eigenvalue weighted by atomic mass is 35.5. The number of amides is 1. The van der Waals surface area contributed by atoms with Gasteiger partial charge in [0.1, 0.15) is 5.03 Å². The maximum atomic E-state index is 12.4. The van der Waals surface area contributed by atoms with Crippen LogP contribution in [0.2, 0.25) is 5.02 Å². The molecule has 0 aliphatic carbocycles. The molecule has 0 radical (unpaired) electrons. The van der Waals surface area contributed by atoms with Crippen molar-refractivity contribution in [2.24, 2.45) is 0 Å². The highest BCUT2D eigenvalue weighted by molar-refractivity contribution is 7.99. The number of thioether (sulfide) groups is 1. The van der Waals surface area contributed by atoms with Crippen LogP contribution in [-0.2, 0) is 0 Å². The molecule has 2 aromatic heterocycles. The molecule has 0 atom stereocenters. The predicted octanol–water partition coefficient (Wildman–Crippen LogP) is 3.37. The fraction of sp³-hybridized carbons (Fsp3) is 0.143. The van der Waals surface area contributed by atoms with Crippen molar-refractivity contribution in [3.63, 3.8) is 0 Å². The normalized spacial score (nSPS) is 10.8. The molecule has 0 aliphatic heterocycles. The molecule has 0 fully saturated rings. The Bertz CT molecular complexity index is 835. The zero-order valence-electron chi connectivity index (χ0n) is 11.6. The Balaban J connectivity index is 1.91. The minimum Gasteiger partial charge on any atom is -0.319 e. The topological polar surface area (TPSA) is 83.6 Å². The molecule has 2 N–H and O–H groups in total. The van der Waals surface area contributed by atoms with E-state index in [0.29, 0.717) is 15.7 Å². The van der Waals surface area contributed by atoms with Gasteiger partial charge in [-0.1, -0.05) is 18.5 Å². The third-order valence-corrected chi connectivity index (χ3v) is 4.24. The Hall–Kier alpha value is -2.12. The lowest BCUT2D eigenvalue weighted by molar-refractivity contribution is 0.101. The van der Waals surface area contributed by atoms with Crippen LogP contribution in [0.1, 0.15) is 17.4 Å². The number of nitrogens with one attached hydrogen (secondary N) is 2. The summed E-state index contributed by atoms with van der Waals surface area (Å²) >= 11 is 7.77. The number of halogens is 1. The molecule has 3 rings (SSSR count). The smallest absolute Gasteiger partial charge is 0.277 e. The highest BCUT2D eigenvalue weighted by Crippen LogP contribution is 2.30. The Kier molecular flexibility index (Phi) is 4.26. The van der Waals surface area contributed by atoms with Crippen molar-refractivity contribution in [3.8, 4) is 0 Å². The van der Waals surface area contributed by atoms with E-state index in [4.69, 9.17) is 11.6 Å². The van der Waals surface area contributed by atoms with Gasteiger partial charge in [-0.15, -0.1) is 11.8 Å². The van der Waals surface area contributed by atoms with Crippen LogP contribution in [0.25, 0.3) is 10.9 Å². The molecule has 22 heavy (non-hydrogen) atoms. The minimum atomic E-state index is -0.339. The first-order valence-electron chi connectivity index (χ1n) is 6.57. The Morgan fingerprint density at radius 3 is 3.00 bits per heavy atom. The van der Waals surface area contributed by atoms with E-state index in [2.05, 4.69) is 25.5 Å². The predicted molar refractivity (Wildman–Crippen MR) is 87.5 cm³/mol. The third-order valence-electron chi connectivity index (χ3n) is 2.97. The Labute approximate surface area is 135 Å². The van der Waals surface area contributed by atoms with Crippen LogP contribution < -0.4 is 5.32 Å². The number of hydrogen-bond donors (Lipinski definition) is 2. The first-order chi connectivity index (χ1) is 10.7. The number of carbonyl (C=O) groups excluding carboxylic acids is 1. The van der Waals surface area contributed by atoms with Crippen molar-refractivity contribution in [3.05, 3.63) is 41.4 Å². The van der Waals surface area contributed by atoms with Crippen LogP contribution in [0.15, 0.2) is 35.7 Å². The molecule has 0 aliphatic rings. The van der Waals surface area contributed by atoms with Gasteiger partial charge in [0.25, 0.3) is 5.91 Å². The van der Waals surface area contributed by atoms with Crippen LogP contribution in [-0.4, -0.2) is 31.8 Å². The molecule has 0 unspecified atom stereocenters. The van der Waals surface area contributed by atoms with Gasteiger partial charge in [0.05, 0.1) is 22.4 Å². The first kappa shape index (κ1) is 14.8. The fourth-order valence-corrected chi connectivity index (χ4v) is 2.94. The molecular weight excluding hydrogens is 322 g/mol. The molecule has 0 saturated carbocycles. The first-order valence-corrected chi connectivity index (χ1v) is 7.93. The number of carbonyl (C=O) groups is 1. The summed E-state index contributed by atoms with van der Waals surface area (Å²) in [7, 11) is 0. The quantitative estimate of drug-likeness (QED) is 0.715. The van der Waals surface area contributed by atoms with Crippen molar-refractivity contribution in [1.82, 2.24) is 20.2 Å². The van der Waals surface area contributed by atoms with E-state index in [9.17, 15) is 4.79 Å². The number of anilines is 1. The average molecular weight is 334 g/mol. The zero-order chi connectivity index (χ0) is 15.5. The average Bonchev–Trinajstić information content (AvgIpc) is 3.00. The summed E-state index contributed by atoms with van der Waals surface area (Å²) < 4.78 is 0. The lowest BCUT2D eigenvalue weighted by Crippen LogP contribution is -2.15. The molecular formula is C14H12ClN5OS. The van der Waals surface area contributed by atoms with E-state index in [-0.39, 0.29) is 11.6 Å². The van der Waals surface area contributed by atoms with Crippen molar-refractivity contribution in [2.45, 2.75) is 11.9 Å². The van der Waals surface area contributed by atoms with Gasteiger partial charge >= 0.3 is 0 Å². The summed E-state index contributed by atoms with van der Waals surface area (Å²) in [5.74, 6) is 0.467. The lowest BCUT2D eigenvalue weighted by Gasteiger charge is -2.09. The van der Waals surface area contributed by atoms with E-state index >= 15 is 0 Å². The largest absolute Gasteiger partial charge is 0.319 e. The van der Waals surface area contributed by atoms with Crippen LogP contribution in [0.3, 0.4) is 0 Å². The fourth-order valence-electron chi connectivity index (χ4n) is 1.98. The number of rotatable bonds is 4. The minimum absolute atomic E-state index is 0.290. The molecule has 1 aromatic carbocycles. The van der Waals surface area contributed by atoms with E-state index in [1.165, 1.54) is 18.0 Å². The molecule has 0 spiro atoms. The summed E-state index contributed by atoms with van der Waals surface area (Å²) in [4.78, 5) is 20.7. The molecule has 112 valence electrons. The SMILES string of the molecule is CCSc1nccnc1C(=O)Nc1ccc2[nH]ncc2c1Cl. The standard InChI is InChI=1S/C14H12ClN5OS/c1-2-22-14-12(16-5-6-17-14)13(21)19-10-4-3-9-8(11(10)15)7-18-20-9/h3-7H,2H2,1H3,(H,18,20)(H,19,21). The van der Waals surface area contributed by atoms with Gasteiger partial charge in [0, 0.05) is 17.8 Å². The van der Waals surface area contributed by atoms with Crippen LogP contribution in [0.4, 0.5) is 5.69 Å². The molecule has 0 bridgehead atoms. The van der Waals surface area contributed by atoms with Crippen LogP contribution in [0, 0.1) is 0 Å². The van der Waals surface area contributed by atoms with Gasteiger partial charge in [-0.3, -0.25) is 9.89 Å². The molecule has 2 heterocycles. The third kappa shape index (κ3) is 2.77. The lowest BCUT2D eigenvalue weighted by atomic mass is 10.2. The van der Waals surface area contributed by atoms with Crippen LogP contribution in [0.5, 0.6) is 0 Å². The summed E-state index contributed by atoms with van der Waals surface area (Å²) in [5, 5.41) is 11.3. The number of hydrogen-bond acceptors (Lipinski definition) is 5. The van der Waals surface area contributed by atoms with Crippen molar-refractivity contribution >= 4 is 45.9 Å². The van der Waals surface area contributed by atoms with E-state index in [1.807, 2.05) is 13.0 Å². The molecule has 3 aromatic rings. The van der Waals surface area contributed by atoms with Crippen LogP contribution >= 0.6 is 23.4 Å². The van der Waals surface area contributed by atoms with Gasteiger partial charge in [-0.2, -0.15) is 5.10 Å².